The molecule has 2 N–H and O–H groups in total. The van der Waals surface area contributed by atoms with E-state index in [4.69, 9.17) is 9.84 Å². The summed E-state index contributed by atoms with van der Waals surface area (Å²) < 4.78 is 5.11. The molecule has 0 bridgehead atoms. The minimum Gasteiger partial charge on any atom is -0.465 e. The number of amides is 2. The molecule has 0 aliphatic carbocycles. The monoisotopic (exact) mass is 286 g/mol. The van der Waals surface area contributed by atoms with Crippen molar-refractivity contribution < 1.29 is 24.2 Å². The van der Waals surface area contributed by atoms with E-state index in [0.717, 1.165) is 6.29 Å². The van der Waals surface area contributed by atoms with Gasteiger partial charge in [0.1, 0.15) is 11.9 Å². The second-order valence-electron chi connectivity index (χ2n) is 5.98. The SMILES string of the molecule is CC(C)(C)OC(=O)NC[C@H]1C[C@H](CC=O)N(C(=O)O)C1. The van der Waals surface area contributed by atoms with Crippen LogP contribution in [0.1, 0.15) is 33.6 Å². The third-order valence-corrected chi connectivity index (χ3v) is 3.05. The lowest BCUT2D eigenvalue weighted by Gasteiger charge is -2.20. The van der Waals surface area contributed by atoms with Gasteiger partial charge in [0.2, 0.25) is 0 Å². The maximum absolute atomic E-state index is 11.5. The number of carbonyl (C=O) groups excluding carboxylic acids is 2. The van der Waals surface area contributed by atoms with Gasteiger partial charge < -0.3 is 24.9 Å². The van der Waals surface area contributed by atoms with Gasteiger partial charge >= 0.3 is 12.2 Å². The van der Waals surface area contributed by atoms with E-state index in [1.807, 2.05) is 0 Å². The van der Waals surface area contributed by atoms with Crippen molar-refractivity contribution in [3.63, 3.8) is 0 Å². The van der Waals surface area contributed by atoms with Crippen molar-refractivity contribution in [3.05, 3.63) is 0 Å². The molecule has 1 saturated heterocycles. The zero-order valence-corrected chi connectivity index (χ0v) is 12.1. The Labute approximate surface area is 118 Å². The molecule has 7 heteroatoms. The first kappa shape index (κ1) is 16.3. The molecule has 1 rings (SSSR count). The fourth-order valence-electron chi connectivity index (χ4n) is 2.27. The van der Waals surface area contributed by atoms with Crippen LogP contribution in [-0.4, -0.2) is 53.2 Å². The smallest absolute Gasteiger partial charge is 0.407 e. The second-order valence-corrected chi connectivity index (χ2v) is 5.98. The fraction of sp³-hybridized carbons (Fsp3) is 0.769. The highest BCUT2D eigenvalue weighted by Crippen LogP contribution is 2.24. The normalized spacial score (nSPS) is 22.4. The van der Waals surface area contributed by atoms with Crippen LogP contribution in [0.2, 0.25) is 0 Å². The van der Waals surface area contributed by atoms with E-state index in [-0.39, 0.29) is 18.4 Å². The van der Waals surface area contributed by atoms with Crippen molar-refractivity contribution in [1.29, 1.82) is 0 Å². The summed E-state index contributed by atoms with van der Waals surface area (Å²) in [5.41, 5.74) is -0.563. The minimum atomic E-state index is -1.03. The lowest BCUT2D eigenvalue weighted by atomic mass is 10.0. The Hall–Kier alpha value is -1.79. The number of likely N-dealkylation sites (tertiary alicyclic amines) is 1. The molecule has 7 nitrogen and oxygen atoms in total. The van der Waals surface area contributed by atoms with E-state index in [2.05, 4.69) is 5.32 Å². The number of nitrogens with zero attached hydrogens (tertiary/aromatic N) is 1. The molecule has 0 aromatic rings. The first-order chi connectivity index (χ1) is 9.23. The summed E-state index contributed by atoms with van der Waals surface area (Å²) >= 11 is 0. The molecule has 1 heterocycles. The van der Waals surface area contributed by atoms with Crippen LogP contribution in [0.15, 0.2) is 0 Å². The van der Waals surface area contributed by atoms with Crippen LogP contribution in [-0.2, 0) is 9.53 Å². The van der Waals surface area contributed by atoms with Gasteiger partial charge in [0.05, 0.1) is 0 Å². The maximum atomic E-state index is 11.5. The lowest BCUT2D eigenvalue weighted by molar-refractivity contribution is -0.108. The predicted molar refractivity (Wildman–Crippen MR) is 71.5 cm³/mol. The van der Waals surface area contributed by atoms with Gasteiger partial charge in [-0.2, -0.15) is 0 Å². The van der Waals surface area contributed by atoms with E-state index in [1.54, 1.807) is 20.8 Å². The lowest BCUT2D eigenvalue weighted by Crippen LogP contribution is -2.37. The highest BCUT2D eigenvalue weighted by Gasteiger charge is 2.35. The van der Waals surface area contributed by atoms with Gasteiger partial charge in [0.15, 0.2) is 0 Å². The number of rotatable bonds is 4. The Morgan fingerprint density at radius 2 is 2.10 bits per heavy atom. The molecular formula is C13H22N2O5. The summed E-state index contributed by atoms with van der Waals surface area (Å²) in [6, 6.07) is -0.296. The van der Waals surface area contributed by atoms with Gasteiger partial charge in [-0.05, 0) is 33.1 Å². The molecule has 0 radical (unpaired) electrons. The average molecular weight is 286 g/mol. The zero-order chi connectivity index (χ0) is 15.3. The summed E-state index contributed by atoms with van der Waals surface area (Å²) in [5, 5.41) is 11.7. The molecule has 2 atom stereocenters. The first-order valence-electron chi connectivity index (χ1n) is 6.63. The quantitative estimate of drug-likeness (QED) is 0.763. The highest BCUT2D eigenvalue weighted by molar-refractivity contribution is 5.68. The molecular weight excluding hydrogens is 264 g/mol. The third-order valence-electron chi connectivity index (χ3n) is 3.05. The van der Waals surface area contributed by atoms with Gasteiger partial charge in [-0.15, -0.1) is 0 Å². The highest BCUT2D eigenvalue weighted by atomic mass is 16.6. The Balaban J connectivity index is 2.44. The second kappa shape index (κ2) is 6.58. The van der Waals surface area contributed by atoms with Gasteiger partial charge in [0.25, 0.3) is 0 Å². The van der Waals surface area contributed by atoms with Crippen LogP contribution in [0.3, 0.4) is 0 Å². The van der Waals surface area contributed by atoms with E-state index in [9.17, 15) is 14.4 Å². The first-order valence-corrected chi connectivity index (χ1v) is 6.63. The standard InChI is InChI=1S/C13H22N2O5/c1-13(2,3)20-11(17)14-7-9-6-10(4-5-16)15(8-9)12(18)19/h5,9-10H,4,6-8H2,1-3H3,(H,14,17)(H,18,19)/t9-,10+/m1/s1. The van der Waals surface area contributed by atoms with Crippen LogP contribution < -0.4 is 5.32 Å². The van der Waals surface area contributed by atoms with Crippen LogP contribution in [0.25, 0.3) is 0 Å². The van der Waals surface area contributed by atoms with Crippen LogP contribution in [0, 0.1) is 5.92 Å². The molecule has 0 unspecified atom stereocenters. The van der Waals surface area contributed by atoms with Crippen molar-refractivity contribution in [1.82, 2.24) is 10.2 Å². The third kappa shape index (κ3) is 5.07. The van der Waals surface area contributed by atoms with Crippen molar-refractivity contribution in [3.8, 4) is 0 Å². The molecule has 20 heavy (non-hydrogen) atoms. The molecule has 0 saturated carbocycles. The average Bonchev–Trinajstić information content (AvgIpc) is 2.68. The number of hydrogen-bond donors (Lipinski definition) is 2. The number of nitrogens with one attached hydrogen (secondary N) is 1. The van der Waals surface area contributed by atoms with Crippen LogP contribution in [0.5, 0.6) is 0 Å². The van der Waals surface area contributed by atoms with Crippen molar-refractivity contribution in [2.45, 2.75) is 45.3 Å². The molecule has 114 valence electrons. The number of aldehydes is 1. The molecule has 1 aliphatic heterocycles. The molecule has 1 aliphatic rings. The van der Waals surface area contributed by atoms with Gasteiger partial charge in [0, 0.05) is 25.6 Å². The fourth-order valence-corrected chi connectivity index (χ4v) is 2.27. The summed E-state index contributed by atoms with van der Waals surface area (Å²) in [7, 11) is 0. The maximum Gasteiger partial charge on any atom is 0.407 e. The van der Waals surface area contributed by atoms with Gasteiger partial charge in [-0.25, -0.2) is 9.59 Å². The summed E-state index contributed by atoms with van der Waals surface area (Å²) in [6.07, 6.45) is -0.0600. The number of ether oxygens (including phenoxy) is 1. The Morgan fingerprint density at radius 3 is 2.60 bits per heavy atom. The van der Waals surface area contributed by atoms with E-state index in [0.29, 0.717) is 19.5 Å². The Bertz CT molecular complexity index is 377. The molecule has 2 amide bonds. The number of hydrogen-bond acceptors (Lipinski definition) is 4. The van der Waals surface area contributed by atoms with Crippen molar-refractivity contribution >= 4 is 18.5 Å². The molecule has 0 spiro atoms. The zero-order valence-electron chi connectivity index (χ0n) is 12.1. The Morgan fingerprint density at radius 1 is 1.45 bits per heavy atom. The van der Waals surface area contributed by atoms with Gasteiger partial charge in [-0.3, -0.25) is 0 Å². The molecule has 0 aromatic carbocycles. The topological polar surface area (TPSA) is 95.9 Å². The number of carboxylic acid groups (broad SMARTS) is 1. The van der Waals surface area contributed by atoms with Crippen LogP contribution >= 0.6 is 0 Å². The Kier molecular flexibility index (Phi) is 5.35. The van der Waals surface area contributed by atoms with Crippen molar-refractivity contribution in [2.75, 3.05) is 13.1 Å². The number of carbonyl (C=O) groups is 3. The van der Waals surface area contributed by atoms with Crippen LogP contribution in [0.4, 0.5) is 9.59 Å². The summed E-state index contributed by atoms with van der Waals surface area (Å²) in [5.74, 6) is 0.00330. The summed E-state index contributed by atoms with van der Waals surface area (Å²) in [4.78, 5) is 34.4. The van der Waals surface area contributed by atoms with Gasteiger partial charge in [-0.1, -0.05) is 0 Å². The molecule has 1 fully saturated rings. The van der Waals surface area contributed by atoms with E-state index >= 15 is 0 Å². The van der Waals surface area contributed by atoms with E-state index in [1.165, 1.54) is 4.90 Å². The number of alkyl carbamates (subject to hydrolysis) is 1. The largest absolute Gasteiger partial charge is 0.465 e. The predicted octanol–water partition coefficient (Wildman–Crippen LogP) is 1.47. The van der Waals surface area contributed by atoms with Crippen molar-refractivity contribution in [2.24, 2.45) is 5.92 Å². The minimum absolute atomic E-state index is 0.00330. The summed E-state index contributed by atoms with van der Waals surface area (Å²) in [6.45, 7) is 5.98. The van der Waals surface area contributed by atoms with E-state index < -0.39 is 17.8 Å². The molecule has 0 aromatic heterocycles.